The molecule has 1 aliphatic heterocycles. The Kier molecular flexibility index (Phi) is 6.27. The van der Waals surface area contributed by atoms with E-state index in [0.29, 0.717) is 0 Å². The minimum Gasteiger partial charge on any atom is -0.355 e. The van der Waals surface area contributed by atoms with Gasteiger partial charge in [0, 0.05) is 6.54 Å². The zero-order valence-electron chi connectivity index (χ0n) is 13.1. The van der Waals surface area contributed by atoms with E-state index in [1.54, 1.807) is 0 Å². The molecule has 1 heterocycles. The molecule has 4 heteroatoms. The topological polar surface area (TPSA) is 41.1 Å². The van der Waals surface area contributed by atoms with Crippen molar-refractivity contribution < 1.29 is 4.79 Å². The van der Waals surface area contributed by atoms with Crippen LogP contribution in [0.3, 0.4) is 0 Å². The first kappa shape index (κ1) is 17.3. The highest BCUT2D eigenvalue weighted by atomic mass is 35.5. The van der Waals surface area contributed by atoms with Crippen LogP contribution in [0.25, 0.3) is 0 Å². The Bertz CT molecular complexity index is 467. The summed E-state index contributed by atoms with van der Waals surface area (Å²) >= 11 is 0. The van der Waals surface area contributed by atoms with Crippen molar-refractivity contribution >= 4 is 18.3 Å². The predicted octanol–water partition coefficient (Wildman–Crippen LogP) is 3.04. The van der Waals surface area contributed by atoms with Crippen LogP contribution >= 0.6 is 12.4 Å². The SMILES string of the molecule is Cl.O=C(NCCC1CCCNC1)C1(c2ccccc2)CCC1. The Morgan fingerprint density at radius 1 is 1.23 bits per heavy atom. The Morgan fingerprint density at radius 2 is 2.00 bits per heavy atom. The first-order valence-corrected chi connectivity index (χ1v) is 8.36. The number of benzene rings is 1. The maximum Gasteiger partial charge on any atom is 0.230 e. The quantitative estimate of drug-likeness (QED) is 0.875. The van der Waals surface area contributed by atoms with Crippen molar-refractivity contribution in [2.75, 3.05) is 19.6 Å². The van der Waals surface area contributed by atoms with Crippen LogP contribution < -0.4 is 10.6 Å². The lowest BCUT2D eigenvalue weighted by molar-refractivity contribution is -0.130. The lowest BCUT2D eigenvalue weighted by Crippen LogP contribution is -2.49. The van der Waals surface area contributed by atoms with Crippen molar-refractivity contribution in [1.29, 1.82) is 0 Å². The van der Waals surface area contributed by atoms with Crippen molar-refractivity contribution in [3.8, 4) is 0 Å². The maximum absolute atomic E-state index is 12.7. The second-order valence-corrected chi connectivity index (χ2v) is 6.56. The molecule has 1 saturated carbocycles. The summed E-state index contributed by atoms with van der Waals surface area (Å²) in [5, 5.41) is 6.64. The first-order chi connectivity index (χ1) is 10.3. The minimum atomic E-state index is -0.244. The Labute approximate surface area is 139 Å². The molecule has 3 nitrogen and oxygen atoms in total. The molecule has 1 amide bonds. The van der Waals surface area contributed by atoms with Gasteiger partial charge in [-0.25, -0.2) is 0 Å². The van der Waals surface area contributed by atoms with Gasteiger partial charge in [0.25, 0.3) is 0 Å². The molecule has 1 aromatic rings. The summed E-state index contributed by atoms with van der Waals surface area (Å²) < 4.78 is 0. The zero-order valence-corrected chi connectivity index (χ0v) is 14.0. The third-order valence-electron chi connectivity index (χ3n) is 5.21. The summed E-state index contributed by atoms with van der Waals surface area (Å²) in [6.45, 7) is 3.08. The van der Waals surface area contributed by atoms with Crippen LogP contribution in [0, 0.1) is 5.92 Å². The van der Waals surface area contributed by atoms with Crippen LogP contribution in [0.4, 0.5) is 0 Å². The average Bonchev–Trinajstić information content (AvgIpc) is 2.48. The summed E-state index contributed by atoms with van der Waals surface area (Å²) in [7, 11) is 0. The van der Waals surface area contributed by atoms with Gasteiger partial charge in [-0.2, -0.15) is 0 Å². The number of carbonyl (C=O) groups is 1. The van der Waals surface area contributed by atoms with Crippen molar-refractivity contribution in [2.24, 2.45) is 5.92 Å². The molecule has 1 saturated heterocycles. The molecule has 2 N–H and O–H groups in total. The summed E-state index contributed by atoms with van der Waals surface area (Å²) in [5.74, 6) is 0.969. The minimum absolute atomic E-state index is 0. The first-order valence-electron chi connectivity index (χ1n) is 8.36. The number of amides is 1. The molecule has 0 spiro atoms. The van der Waals surface area contributed by atoms with Gasteiger partial charge in [0.05, 0.1) is 5.41 Å². The molecule has 1 unspecified atom stereocenters. The van der Waals surface area contributed by atoms with E-state index in [0.717, 1.165) is 51.2 Å². The van der Waals surface area contributed by atoms with Gasteiger partial charge < -0.3 is 10.6 Å². The molecule has 22 heavy (non-hydrogen) atoms. The van der Waals surface area contributed by atoms with Crippen LogP contribution in [0.1, 0.15) is 44.1 Å². The molecule has 0 aromatic heterocycles. The lowest BCUT2D eigenvalue weighted by Gasteiger charge is -2.40. The van der Waals surface area contributed by atoms with Gasteiger partial charge in [0.1, 0.15) is 0 Å². The predicted molar refractivity (Wildman–Crippen MR) is 92.4 cm³/mol. The molecule has 1 aromatic carbocycles. The molecule has 2 fully saturated rings. The van der Waals surface area contributed by atoms with E-state index in [2.05, 4.69) is 22.8 Å². The average molecular weight is 323 g/mol. The number of nitrogens with one attached hydrogen (secondary N) is 2. The molecule has 1 atom stereocenters. The van der Waals surface area contributed by atoms with E-state index in [1.807, 2.05) is 18.2 Å². The third kappa shape index (κ3) is 3.64. The van der Waals surface area contributed by atoms with E-state index < -0.39 is 0 Å². The van der Waals surface area contributed by atoms with Crippen molar-refractivity contribution in [1.82, 2.24) is 10.6 Å². The van der Waals surface area contributed by atoms with E-state index >= 15 is 0 Å². The van der Waals surface area contributed by atoms with Crippen molar-refractivity contribution in [3.05, 3.63) is 35.9 Å². The normalized spacial score (nSPS) is 23.0. The van der Waals surface area contributed by atoms with Gasteiger partial charge in [-0.15, -0.1) is 12.4 Å². The number of carbonyl (C=O) groups excluding carboxylic acids is 1. The second-order valence-electron chi connectivity index (χ2n) is 6.56. The van der Waals surface area contributed by atoms with Crippen LogP contribution in [0.5, 0.6) is 0 Å². The van der Waals surface area contributed by atoms with E-state index in [-0.39, 0.29) is 23.7 Å². The van der Waals surface area contributed by atoms with Gasteiger partial charge in [-0.1, -0.05) is 36.8 Å². The van der Waals surface area contributed by atoms with Gasteiger partial charge in [-0.05, 0) is 56.7 Å². The zero-order chi connectivity index (χ0) is 14.5. The number of halogens is 1. The van der Waals surface area contributed by atoms with E-state index in [4.69, 9.17) is 0 Å². The van der Waals surface area contributed by atoms with Crippen LogP contribution in [-0.2, 0) is 10.2 Å². The number of piperidine rings is 1. The van der Waals surface area contributed by atoms with Crippen LogP contribution in [0.2, 0.25) is 0 Å². The van der Waals surface area contributed by atoms with E-state index in [1.165, 1.54) is 18.4 Å². The molecule has 3 rings (SSSR count). The highest BCUT2D eigenvalue weighted by Gasteiger charge is 2.45. The summed E-state index contributed by atoms with van der Waals surface area (Å²) in [6, 6.07) is 10.3. The van der Waals surface area contributed by atoms with Crippen LogP contribution in [-0.4, -0.2) is 25.5 Å². The number of hydrogen-bond acceptors (Lipinski definition) is 2. The van der Waals surface area contributed by atoms with Crippen LogP contribution in [0.15, 0.2) is 30.3 Å². The molecule has 122 valence electrons. The van der Waals surface area contributed by atoms with Gasteiger partial charge in [0.15, 0.2) is 0 Å². The standard InChI is InChI=1S/C18H26N2O.ClH/c21-17(20-13-9-15-6-4-12-19-14-15)18(10-5-11-18)16-7-2-1-3-8-16;/h1-3,7-8,15,19H,4-6,9-14H2,(H,20,21);1H. The Morgan fingerprint density at radius 3 is 2.59 bits per heavy atom. The molecule has 1 aliphatic carbocycles. The smallest absolute Gasteiger partial charge is 0.230 e. The Balaban J connectivity index is 0.00000176. The van der Waals surface area contributed by atoms with Gasteiger partial charge in [-0.3, -0.25) is 4.79 Å². The second kappa shape index (κ2) is 7.98. The molecule has 2 aliphatic rings. The van der Waals surface area contributed by atoms with Gasteiger partial charge >= 0.3 is 0 Å². The highest BCUT2D eigenvalue weighted by Crippen LogP contribution is 2.43. The molecule has 0 radical (unpaired) electrons. The Hall–Kier alpha value is -1.06. The molecule has 0 bridgehead atoms. The third-order valence-corrected chi connectivity index (χ3v) is 5.21. The van der Waals surface area contributed by atoms with Crippen molar-refractivity contribution in [3.63, 3.8) is 0 Å². The van der Waals surface area contributed by atoms with Gasteiger partial charge in [0.2, 0.25) is 5.91 Å². The largest absolute Gasteiger partial charge is 0.355 e. The summed E-state index contributed by atoms with van der Waals surface area (Å²) in [5.41, 5.74) is 0.944. The maximum atomic E-state index is 12.7. The monoisotopic (exact) mass is 322 g/mol. The number of rotatable bonds is 5. The molecular formula is C18H27ClN2O. The molecular weight excluding hydrogens is 296 g/mol. The fourth-order valence-electron chi connectivity index (χ4n) is 3.66. The lowest BCUT2D eigenvalue weighted by atomic mass is 9.64. The fourth-order valence-corrected chi connectivity index (χ4v) is 3.66. The number of hydrogen-bond donors (Lipinski definition) is 2. The summed E-state index contributed by atoms with van der Waals surface area (Å²) in [4.78, 5) is 12.7. The van der Waals surface area contributed by atoms with E-state index in [9.17, 15) is 4.79 Å². The fraction of sp³-hybridized carbons (Fsp3) is 0.611. The highest BCUT2D eigenvalue weighted by molar-refractivity contribution is 5.89. The summed E-state index contributed by atoms with van der Waals surface area (Å²) in [6.07, 6.45) is 6.82. The van der Waals surface area contributed by atoms with Crippen molar-refractivity contribution in [2.45, 2.75) is 43.9 Å².